The van der Waals surface area contributed by atoms with Crippen molar-refractivity contribution in [2.24, 2.45) is 0 Å². The third-order valence-electron chi connectivity index (χ3n) is 3.08. The minimum absolute atomic E-state index is 0.731. The number of rotatable bonds is 2. The molecule has 0 saturated carbocycles. The minimum atomic E-state index is 0.731. The van der Waals surface area contributed by atoms with Crippen molar-refractivity contribution in [1.82, 2.24) is 19.4 Å². The van der Waals surface area contributed by atoms with Crippen LogP contribution >= 0.6 is 11.8 Å². The molecular formula is C14H11N5S. The maximum Gasteiger partial charge on any atom is 0.172 e. The van der Waals surface area contributed by atoms with Crippen LogP contribution in [0.4, 0.5) is 5.69 Å². The van der Waals surface area contributed by atoms with Crippen molar-refractivity contribution in [3.05, 3.63) is 48.8 Å². The van der Waals surface area contributed by atoms with Gasteiger partial charge in [0.25, 0.3) is 0 Å². The summed E-state index contributed by atoms with van der Waals surface area (Å²) in [5, 5.41) is 1.90. The maximum absolute atomic E-state index is 5.78. The van der Waals surface area contributed by atoms with E-state index in [-0.39, 0.29) is 0 Å². The summed E-state index contributed by atoms with van der Waals surface area (Å²) in [6, 6.07) is 11.7. The molecule has 0 atom stereocenters. The molecule has 0 spiro atoms. The number of nitrogens with one attached hydrogen (secondary N) is 1. The lowest BCUT2D eigenvalue weighted by Crippen LogP contribution is -1.88. The van der Waals surface area contributed by atoms with E-state index in [1.54, 1.807) is 18.0 Å². The molecule has 1 aromatic carbocycles. The molecule has 5 nitrogen and oxygen atoms in total. The monoisotopic (exact) mass is 281 g/mol. The number of hydrogen-bond donors (Lipinski definition) is 2. The summed E-state index contributed by atoms with van der Waals surface area (Å²) >= 11 is 1.57. The summed E-state index contributed by atoms with van der Waals surface area (Å²) in [5.74, 6) is 0. The molecular weight excluding hydrogens is 270 g/mol. The van der Waals surface area contributed by atoms with E-state index in [1.807, 2.05) is 47.0 Å². The van der Waals surface area contributed by atoms with Crippen molar-refractivity contribution < 1.29 is 0 Å². The molecule has 0 aliphatic rings. The third-order valence-corrected chi connectivity index (χ3v) is 4.00. The van der Waals surface area contributed by atoms with E-state index < -0.39 is 0 Å². The summed E-state index contributed by atoms with van der Waals surface area (Å²) in [4.78, 5) is 12.1. The quantitative estimate of drug-likeness (QED) is 0.554. The highest BCUT2D eigenvalue weighted by atomic mass is 32.2. The summed E-state index contributed by atoms with van der Waals surface area (Å²) < 4.78 is 2.03. The highest BCUT2D eigenvalue weighted by molar-refractivity contribution is 7.99. The molecule has 0 saturated heterocycles. The van der Waals surface area contributed by atoms with Gasteiger partial charge in [-0.15, -0.1) is 0 Å². The van der Waals surface area contributed by atoms with Crippen LogP contribution in [0.1, 0.15) is 0 Å². The van der Waals surface area contributed by atoms with Crippen LogP contribution in [0.3, 0.4) is 0 Å². The minimum Gasteiger partial charge on any atom is -0.399 e. The first-order valence-corrected chi connectivity index (χ1v) is 6.96. The first-order chi connectivity index (χ1) is 9.79. The molecule has 98 valence electrons. The van der Waals surface area contributed by atoms with Crippen molar-refractivity contribution >= 4 is 34.1 Å². The van der Waals surface area contributed by atoms with E-state index in [9.17, 15) is 0 Å². The van der Waals surface area contributed by atoms with Crippen LogP contribution < -0.4 is 5.73 Å². The van der Waals surface area contributed by atoms with E-state index in [0.717, 1.165) is 32.6 Å². The molecule has 0 bridgehead atoms. The molecule has 3 N–H and O–H groups in total. The van der Waals surface area contributed by atoms with Gasteiger partial charge in [-0.25, -0.2) is 9.97 Å². The molecule has 0 unspecified atom stereocenters. The Morgan fingerprint density at radius 3 is 3.10 bits per heavy atom. The number of imidazole rings is 2. The number of fused-ring (bicyclic) bond motifs is 2. The molecule has 3 heterocycles. The Kier molecular flexibility index (Phi) is 2.43. The van der Waals surface area contributed by atoms with Crippen molar-refractivity contribution in [1.29, 1.82) is 0 Å². The number of aromatic nitrogens is 4. The van der Waals surface area contributed by atoms with E-state index in [4.69, 9.17) is 5.73 Å². The van der Waals surface area contributed by atoms with Gasteiger partial charge in [-0.2, -0.15) is 0 Å². The molecule has 0 aliphatic carbocycles. The Hall–Kier alpha value is -2.47. The lowest BCUT2D eigenvalue weighted by molar-refractivity contribution is 1.00. The fraction of sp³-hybridized carbons (Fsp3) is 0. The van der Waals surface area contributed by atoms with E-state index in [1.165, 1.54) is 0 Å². The summed E-state index contributed by atoms with van der Waals surface area (Å²) in [6.45, 7) is 0. The Morgan fingerprint density at radius 1 is 1.20 bits per heavy atom. The van der Waals surface area contributed by atoms with Crippen LogP contribution in [-0.2, 0) is 0 Å². The van der Waals surface area contributed by atoms with Gasteiger partial charge >= 0.3 is 0 Å². The van der Waals surface area contributed by atoms with Crippen molar-refractivity contribution in [2.75, 3.05) is 5.73 Å². The summed E-state index contributed by atoms with van der Waals surface area (Å²) in [5.41, 5.74) is 9.30. The lowest BCUT2D eigenvalue weighted by atomic mass is 10.3. The predicted molar refractivity (Wildman–Crippen MR) is 79.8 cm³/mol. The molecule has 4 aromatic rings. The Balaban J connectivity index is 1.78. The maximum atomic E-state index is 5.78. The van der Waals surface area contributed by atoms with Crippen LogP contribution in [-0.4, -0.2) is 19.4 Å². The van der Waals surface area contributed by atoms with E-state index in [2.05, 4.69) is 15.0 Å². The fourth-order valence-electron chi connectivity index (χ4n) is 2.16. The molecule has 20 heavy (non-hydrogen) atoms. The molecule has 0 amide bonds. The second-order valence-electron chi connectivity index (χ2n) is 4.44. The Labute approximate surface area is 118 Å². The smallest absolute Gasteiger partial charge is 0.172 e. The van der Waals surface area contributed by atoms with Gasteiger partial charge in [0, 0.05) is 18.1 Å². The fourth-order valence-corrected chi connectivity index (χ4v) is 3.06. The highest BCUT2D eigenvalue weighted by Crippen LogP contribution is 2.28. The van der Waals surface area contributed by atoms with Crippen LogP contribution in [0, 0.1) is 0 Å². The number of nitrogens with two attached hydrogens (primary N) is 1. The molecule has 3 aromatic heterocycles. The van der Waals surface area contributed by atoms with Crippen molar-refractivity contribution in [2.45, 2.75) is 10.2 Å². The van der Waals surface area contributed by atoms with Gasteiger partial charge in [-0.05, 0) is 42.1 Å². The second-order valence-corrected chi connectivity index (χ2v) is 5.45. The first-order valence-electron chi connectivity index (χ1n) is 6.15. The topological polar surface area (TPSA) is 72.0 Å². The number of pyridine rings is 1. The molecule has 6 heteroatoms. The van der Waals surface area contributed by atoms with Crippen LogP contribution in [0.5, 0.6) is 0 Å². The average molecular weight is 281 g/mol. The Morgan fingerprint density at radius 2 is 2.15 bits per heavy atom. The number of H-pyrrole nitrogens is 1. The molecule has 4 rings (SSSR count). The second kappa shape index (κ2) is 4.28. The van der Waals surface area contributed by atoms with Gasteiger partial charge < -0.3 is 10.7 Å². The van der Waals surface area contributed by atoms with Crippen LogP contribution in [0.2, 0.25) is 0 Å². The van der Waals surface area contributed by atoms with Crippen molar-refractivity contribution in [3.63, 3.8) is 0 Å². The SMILES string of the molecule is Nc1ccc2nc(Sc3cccc4nccn34)[nH]c2c1. The van der Waals surface area contributed by atoms with Gasteiger partial charge in [-0.1, -0.05) is 6.07 Å². The van der Waals surface area contributed by atoms with E-state index >= 15 is 0 Å². The lowest BCUT2D eigenvalue weighted by Gasteiger charge is -2.01. The van der Waals surface area contributed by atoms with Gasteiger partial charge in [0.1, 0.15) is 5.65 Å². The van der Waals surface area contributed by atoms with Crippen molar-refractivity contribution in [3.8, 4) is 0 Å². The van der Waals surface area contributed by atoms with Gasteiger partial charge in [0.15, 0.2) is 5.16 Å². The van der Waals surface area contributed by atoms with Crippen LogP contribution in [0.25, 0.3) is 16.7 Å². The number of benzene rings is 1. The van der Waals surface area contributed by atoms with Gasteiger partial charge in [-0.3, -0.25) is 4.40 Å². The summed E-state index contributed by atoms with van der Waals surface area (Å²) in [6.07, 6.45) is 3.73. The van der Waals surface area contributed by atoms with Gasteiger partial charge in [0.05, 0.1) is 16.1 Å². The number of anilines is 1. The number of aromatic amines is 1. The normalized spacial score (nSPS) is 11.4. The third kappa shape index (κ3) is 1.81. The zero-order valence-electron chi connectivity index (χ0n) is 10.4. The number of nitrogens with zero attached hydrogens (tertiary/aromatic N) is 3. The standard InChI is InChI=1S/C14H11N5S/c15-9-4-5-10-11(8-9)18-14(17-10)20-13-3-1-2-12-16-6-7-19(12)13/h1-8H,15H2,(H,17,18). The van der Waals surface area contributed by atoms with Gasteiger partial charge in [0.2, 0.25) is 0 Å². The van der Waals surface area contributed by atoms with E-state index in [0.29, 0.717) is 0 Å². The summed E-state index contributed by atoms with van der Waals surface area (Å²) in [7, 11) is 0. The predicted octanol–water partition coefficient (Wildman–Crippen LogP) is 2.94. The molecule has 0 aliphatic heterocycles. The Bertz CT molecular complexity index is 908. The largest absolute Gasteiger partial charge is 0.399 e. The average Bonchev–Trinajstić information content (AvgIpc) is 3.04. The zero-order valence-corrected chi connectivity index (χ0v) is 11.3. The first kappa shape index (κ1) is 11.4. The number of hydrogen-bond acceptors (Lipinski definition) is 4. The number of nitrogen functional groups attached to an aromatic ring is 1. The zero-order chi connectivity index (χ0) is 13.5. The highest BCUT2D eigenvalue weighted by Gasteiger charge is 2.07. The molecule has 0 fully saturated rings. The molecule has 0 radical (unpaired) electrons. The van der Waals surface area contributed by atoms with Crippen LogP contribution in [0.15, 0.2) is 59.0 Å².